The number of aliphatic carboxylic acids is 3. The number of carboxylic acid groups (broad SMARTS) is 3. The Bertz CT molecular complexity index is 2330. The van der Waals surface area contributed by atoms with Gasteiger partial charge in [-0.15, -0.1) is 16.9 Å². The van der Waals surface area contributed by atoms with Gasteiger partial charge in [0.2, 0.25) is 16.5 Å². The standard InChI is InChI=1S/C31H25N7O14S2.3Na/c39-17-5-15-19(6-18(17)40)52-8-16(25(15)45)26(46)32-22(12-1-3-14(4-2-12)51-9-21(43)44)27(47)33-23-28(48)38-24(30(49)50)13(10-53-29(23)38)11-54-31-34-35-36-37(31)7-20(41)42;;;/h1-6,8,22-23,29,39-40H,7,9-11H2,(H,32,46)(H,33,47)(H,41,42)(H,43,44)(H,49,50);;;/q;3*+1/p-3/t22?,23-,29+;;;/m1.../s1. The quantitative estimate of drug-likeness (QED) is 0.0396. The van der Waals surface area contributed by atoms with Crippen LogP contribution in [0.15, 0.2) is 68.3 Å². The van der Waals surface area contributed by atoms with E-state index in [9.17, 15) is 59.1 Å². The second-order valence-electron chi connectivity index (χ2n) is 11.4. The molecule has 57 heavy (non-hydrogen) atoms. The van der Waals surface area contributed by atoms with Crippen LogP contribution in [-0.2, 0) is 30.5 Å². The Morgan fingerprint density at radius 1 is 1.02 bits per heavy atom. The van der Waals surface area contributed by atoms with Gasteiger partial charge in [-0.05, 0) is 39.8 Å². The number of nitrogens with one attached hydrogen (secondary N) is 2. The zero-order chi connectivity index (χ0) is 38.8. The summed E-state index contributed by atoms with van der Waals surface area (Å²) in [7, 11) is 0. The largest absolute Gasteiger partial charge is 1.00 e. The number of benzene rings is 2. The maximum atomic E-state index is 13.8. The van der Waals surface area contributed by atoms with Crippen LogP contribution in [0.3, 0.4) is 0 Å². The first-order valence-electron chi connectivity index (χ1n) is 15.2. The van der Waals surface area contributed by atoms with Gasteiger partial charge in [0.05, 0.1) is 35.5 Å². The number of phenols is 2. The summed E-state index contributed by atoms with van der Waals surface area (Å²) >= 11 is 2.01. The van der Waals surface area contributed by atoms with Crippen LogP contribution in [0, 0.1) is 0 Å². The molecule has 21 nitrogen and oxygen atoms in total. The van der Waals surface area contributed by atoms with Crippen molar-refractivity contribution in [2.24, 2.45) is 0 Å². The van der Waals surface area contributed by atoms with Gasteiger partial charge in [-0.2, -0.15) is 0 Å². The zero-order valence-corrected chi connectivity index (χ0v) is 37.6. The Morgan fingerprint density at radius 2 is 1.70 bits per heavy atom. The van der Waals surface area contributed by atoms with Crippen LogP contribution in [0.1, 0.15) is 22.0 Å². The Morgan fingerprint density at radius 3 is 2.35 bits per heavy atom. The number of tetrazole rings is 1. The number of hydrogen-bond acceptors (Lipinski definition) is 19. The van der Waals surface area contributed by atoms with Gasteiger partial charge >= 0.3 is 88.7 Å². The second-order valence-corrected chi connectivity index (χ2v) is 13.4. The van der Waals surface area contributed by atoms with Crippen LogP contribution in [0.4, 0.5) is 0 Å². The normalized spacial score (nSPS) is 16.1. The molecule has 0 radical (unpaired) electrons. The summed E-state index contributed by atoms with van der Waals surface area (Å²) in [6.45, 7) is -1.44. The van der Waals surface area contributed by atoms with Crippen molar-refractivity contribution in [2.45, 2.75) is 29.2 Å². The number of rotatable bonds is 14. The molecule has 280 valence electrons. The van der Waals surface area contributed by atoms with E-state index in [4.69, 9.17) is 9.15 Å². The first-order valence-corrected chi connectivity index (χ1v) is 17.2. The first kappa shape index (κ1) is 47.8. The zero-order valence-electron chi connectivity index (χ0n) is 29.9. The summed E-state index contributed by atoms with van der Waals surface area (Å²) < 4.78 is 11.3. The van der Waals surface area contributed by atoms with Crippen LogP contribution < -0.4 is 125 Å². The van der Waals surface area contributed by atoms with Crippen molar-refractivity contribution in [3.8, 4) is 17.2 Å². The summed E-state index contributed by atoms with van der Waals surface area (Å²) in [6, 6.07) is 4.09. The minimum atomic E-state index is -1.69. The number of carbonyl (C=O) groups excluding carboxylic acids is 6. The number of fused-ring (bicyclic) bond motifs is 2. The van der Waals surface area contributed by atoms with E-state index in [1.165, 1.54) is 24.3 Å². The summed E-state index contributed by atoms with van der Waals surface area (Å²) in [6.07, 6.45) is 0.780. The monoisotopic (exact) mass is 849 g/mol. The van der Waals surface area contributed by atoms with E-state index < -0.39 is 94.4 Å². The molecule has 0 spiro atoms. The predicted octanol–water partition coefficient (Wildman–Crippen LogP) is -13.3. The molecule has 0 bridgehead atoms. The molecule has 2 aliphatic rings. The van der Waals surface area contributed by atoms with Gasteiger partial charge in [0.25, 0.3) is 11.8 Å². The van der Waals surface area contributed by atoms with Crippen molar-refractivity contribution in [1.29, 1.82) is 0 Å². The van der Waals surface area contributed by atoms with E-state index in [1.54, 1.807) is 0 Å². The Balaban J connectivity index is 0.00000290. The number of nitrogens with zero attached hydrogens (tertiary/aromatic N) is 5. The molecule has 3 amide bonds. The SMILES string of the molecule is O=C([O-])COc1ccc(C(NC(=O)c2coc3cc(O)c(O)cc3c2=O)C(=O)N[C@@H]2C(=O)N3C(C(=O)[O-])=C(CSc4nnnn4CC(=O)[O-])CS[C@@H]23)cc1.[Na+].[Na+].[Na+]. The molecule has 26 heteroatoms. The molecule has 0 aliphatic carbocycles. The van der Waals surface area contributed by atoms with Gasteiger partial charge < -0.3 is 59.7 Å². The van der Waals surface area contributed by atoms with Gasteiger partial charge in [-0.1, -0.05) is 23.9 Å². The summed E-state index contributed by atoms with van der Waals surface area (Å²) in [4.78, 5) is 88.9. The first-order chi connectivity index (χ1) is 25.7. The fourth-order valence-corrected chi connectivity index (χ4v) is 7.77. The Kier molecular flexibility index (Phi) is 17.1. The minimum Gasteiger partial charge on any atom is -0.548 e. The van der Waals surface area contributed by atoms with Gasteiger partial charge in [0, 0.05) is 17.6 Å². The minimum absolute atomic E-state index is 0. The average molecular weight is 850 g/mol. The summed E-state index contributed by atoms with van der Waals surface area (Å²) in [5.74, 6) is -8.81. The van der Waals surface area contributed by atoms with Crippen LogP contribution >= 0.6 is 23.5 Å². The number of thioether (sulfide) groups is 2. The molecular weight excluding hydrogens is 827 g/mol. The van der Waals surface area contributed by atoms with Crippen LogP contribution in [0.5, 0.6) is 17.2 Å². The van der Waals surface area contributed by atoms with Gasteiger partial charge in [-0.3, -0.25) is 24.1 Å². The second kappa shape index (κ2) is 20.4. The van der Waals surface area contributed by atoms with Crippen molar-refractivity contribution in [3.63, 3.8) is 0 Å². The third-order valence-corrected chi connectivity index (χ3v) is 10.3. The molecule has 2 aliphatic heterocycles. The predicted molar refractivity (Wildman–Crippen MR) is 174 cm³/mol. The number of aromatic nitrogens is 4. The van der Waals surface area contributed by atoms with Gasteiger partial charge in [0.1, 0.15) is 47.2 Å². The maximum Gasteiger partial charge on any atom is 1.00 e. The van der Waals surface area contributed by atoms with Crippen molar-refractivity contribution < 1.29 is 152 Å². The van der Waals surface area contributed by atoms with Crippen molar-refractivity contribution in [1.82, 2.24) is 35.7 Å². The Labute approximate surface area is 393 Å². The molecule has 1 saturated heterocycles. The van der Waals surface area contributed by atoms with Crippen molar-refractivity contribution in [2.75, 3.05) is 18.1 Å². The molecule has 4 N–H and O–H groups in total. The average Bonchev–Trinajstić information content (AvgIpc) is 3.57. The van der Waals surface area contributed by atoms with E-state index in [-0.39, 0.29) is 133 Å². The van der Waals surface area contributed by atoms with E-state index in [0.29, 0.717) is 0 Å². The fourth-order valence-electron chi connectivity index (χ4n) is 5.41. The number of carboxylic acids is 3. The van der Waals surface area contributed by atoms with E-state index in [0.717, 1.165) is 51.5 Å². The molecule has 0 saturated carbocycles. The molecule has 3 atom stereocenters. The molecule has 1 fully saturated rings. The molecular formula is C31H22N7Na3O14S2. The van der Waals surface area contributed by atoms with E-state index >= 15 is 0 Å². The van der Waals surface area contributed by atoms with E-state index in [2.05, 4.69) is 26.2 Å². The fraction of sp³-hybridized carbons (Fsp3) is 0.226. The number of hydrogen-bond donors (Lipinski definition) is 4. The smallest absolute Gasteiger partial charge is 0.548 e. The summed E-state index contributed by atoms with van der Waals surface area (Å²) in [5, 5.41) is 68.1. The Hall–Kier alpha value is -3.62. The van der Waals surface area contributed by atoms with Crippen molar-refractivity contribution in [3.05, 3.63) is 75.3 Å². The van der Waals surface area contributed by atoms with Crippen LogP contribution in [-0.4, -0.2) is 100 Å². The molecule has 4 heterocycles. The van der Waals surface area contributed by atoms with Gasteiger partial charge in [0.15, 0.2) is 11.5 Å². The molecule has 2 aromatic heterocycles. The van der Waals surface area contributed by atoms with Crippen LogP contribution in [0.2, 0.25) is 0 Å². The molecule has 2 aromatic carbocycles. The number of amides is 3. The third-order valence-electron chi connectivity index (χ3n) is 7.91. The molecule has 6 rings (SSSR count). The number of aromatic hydroxyl groups is 2. The number of ether oxygens (including phenoxy) is 1. The number of β-lactam (4-membered cyclic amide) rings is 1. The van der Waals surface area contributed by atoms with Crippen LogP contribution in [0.25, 0.3) is 11.0 Å². The van der Waals surface area contributed by atoms with E-state index in [1.807, 2.05) is 0 Å². The number of carbonyl (C=O) groups is 6. The molecule has 4 aromatic rings. The van der Waals surface area contributed by atoms with Gasteiger partial charge in [-0.25, -0.2) is 4.68 Å². The molecule has 1 unspecified atom stereocenters. The maximum absolute atomic E-state index is 13.8. The number of phenolic OH excluding ortho intramolecular Hbond substituents is 2. The third kappa shape index (κ3) is 10.5. The van der Waals surface area contributed by atoms with Crippen molar-refractivity contribution >= 4 is 70.1 Å². The summed E-state index contributed by atoms with van der Waals surface area (Å²) in [5.41, 5.74) is -1.84. The topological polar surface area (TPSA) is 322 Å².